The molecule has 0 aliphatic heterocycles. The summed E-state index contributed by atoms with van der Waals surface area (Å²) in [5.41, 5.74) is -0.136. The number of nitrogens with zero attached hydrogens (tertiary/aromatic N) is 1. The fraction of sp³-hybridized carbons (Fsp3) is 0.571. The highest BCUT2D eigenvalue weighted by molar-refractivity contribution is 4.75. The predicted molar refractivity (Wildman–Crippen MR) is 43.0 cm³/mol. The van der Waals surface area contributed by atoms with Crippen molar-refractivity contribution in [3.63, 3.8) is 0 Å². The lowest BCUT2D eigenvalue weighted by Gasteiger charge is -2.01. The van der Waals surface area contributed by atoms with Crippen LogP contribution in [0.5, 0.6) is 0 Å². The topological polar surface area (TPSA) is 67.2 Å². The molecule has 0 aliphatic carbocycles. The molecule has 0 fully saturated rings. The summed E-state index contributed by atoms with van der Waals surface area (Å²) in [6.45, 7) is 1.29. The summed E-state index contributed by atoms with van der Waals surface area (Å²) in [4.78, 5) is 13.4. The van der Waals surface area contributed by atoms with Gasteiger partial charge in [0.05, 0.1) is 26.4 Å². The van der Waals surface area contributed by atoms with E-state index in [4.69, 9.17) is 9.84 Å². The highest BCUT2D eigenvalue weighted by Crippen LogP contribution is 1.81. The number of H-pyrrole nitrogens is 1. The molecule has 1 heterocycles. The van der Waals surface area contributed by atoms with Crippen LogP contribution < -0.4 is 5.69 Å². The number of hydrogen-bond acceptors (Lipinski definition) is 3. The Balaban J connectivity index is 2.24. The van der Waals surface area contributed by atoms with Crippen LogP contribution in [0.3, 0.4) is 0 Å². The minimum Gasteiger partial charge on any atom is -0.394 e. The number of aliphatic hydroxyl groups is 1. The summed E-state index contributed by atoms with van der Waals surface area (Å²) >= 11 is 0. The molecule has 0 bridgehead atoms. The molecule has 5 nitrogen and oxygen atoms in total. The summed E-state index contributed by atoms with van der Waals surface area (Å²) in [6, 6.07) is 0. The zero-order valence-corrected chi connectivity index (χ0v) is 6.69. The third-order valence-corrected chi connectivity index (χ3v) is 1.43. The van der Waals surface area contributed by atoms with Gasteiger partial charge in [-0.05, 0) is 0 Å². The molecule has 12 heavy (non-hydrogen) atoms. The quantitative estimate of drug-likeness (QED) is 0.570. The number of rotatable bonds is 5. The molecular formula is C7H12N2O3. The molecule has 0 saturated carbocycles. The number of aromatic amines is 1. The van der Waals surface area contributed by atoms with Crippen molar-refractivity contribution in [1.29, 1.82) is 0 Å². The second-order valence-corrected chi connectivity index (χ2v) is 2.29. The smallest absolute Gasteiger partial charge is 0.325 e. The van der Waals surface area contributed by atoms with Gasteiger partial charge in [-0.25, -0.2) is 4.79 Å². The molecular weight excluding hydrogens is 160 g/mol. The van der Waals surface area contributed by atoms with Crippen LogP contribution in [0.2, 0.25) is 0 Å². The monoisotopic (exact) mass is 172 g/mol. The van der Waals surface area contributed by atoms with Crippen molar-refractivity contribution in [3.05, 3.63) is 22.9 Å². The number of nitrogens with one attached hydrogen (secondary N) is 1. The Morgan fingerprint density at radius 3 is 3.00 bits per heavy atom. The van der Waals surface area contributed by atoms with Crippen molar-refractivity contribution >= 4 is 0 Å². The van der Waals surface area contributed by atoms with Crippen molar-refractivity contribution in [2.24, 2.45) is 0 Å². The first kappa shape index (κ1) is 9.02. The Bertz CT molecular complexity index is 266. The Hall–Kier alpha value is -1.07. The van der Waals surface area contributed by atoms with Crippen molar-refractivity contribution < 1.29 is 9.84 Å². The summed E-state index contributed by atoms with van der Waals surface area (Å²) in [5.74, 6) is 0. The lowest BCUT2D eigenvalue weighted by atomic mass is 10.6. The van der Waals surface area contributed by atoms with E-state index in [0.717, 1.165) is 0 Å². The molecule has 1 rings (SSSR count). The maximum Gasteiger partial charge on any atom is 0.325 e. The molecule has 68 valence electrons. The van der Waals surface area contributed by atoms with E-state index in [1.165, 1.54) is 4.57 Å². The highest BCUT2D eigenvalue weighted by atomic mass is 16.5. The molecule has 0 saturated heterocycles. The van der Waals surface area contributed by atoms with Gasteiger partial charge in [0.2, 0.25) is 0 Å². The van der Waals surface area contributed by atoms with Crippen LogP contribution in [-0.2, 0) is 11.3 Å². The minimum absolute atomic E-state index is 0.0159. The van der Waals surface area contributed by atoms with E-state index in [1.54, 1.807) is 12.4 Å². The molecule has 0 spiro atoms. The van der Waals surface area contributed by atoms with Crippen LogP contribution in [0.1, 0.15) is 0 Å². The fourth-order valence-electron chi connectivity index (χ4n) is 0.855. The van der Waals surface area contributed by atoms with Gasteiger partial charge in [-0.2, -0.15) is 0 Å². The summed E-state index contributed by atoms with van der Waals surface area (Å²) in [7, 11) is 0. The number of hydrogen-bond donors (Lipinski definition) is 2. The third kappa shape index (κ3) is 2.52. The van der Waals surface area contributed by atoms with E-state index in [9.17, 15) is 4.79 Å². The average Bonchev–Trinajstić information content (AvgIpc) is 2.46. The maximum atomic E-state index is 10.9. The second kappa shape index (κ2) is 4.74. The lowest BCUT2D eigenvalue weighted by molar-refractivity contribution is 0.0866. The van der Waals surface area contributed by atoms with Gasteiger partial charge in [-0.3, -0.25) is 4.57 Å². The van der Waals surface area contributed by atoms with Gasteiger partial charge in [0.25, 0.3) is 0 Å². The molecule has 0 unspecified atom stereocenters. The number of ether oxygens (including phenoxy) is 1. The molecule has 1 aromatic heterocycles. The van der Waals surface area contributed by atoms with E-state index in [2.05, 4.69) is 4.98 Å². The van der Waals surface area contributed by atoms with Crippen LogP contribution in [0.25, 0.3) is 0 Å². The summed E-state index contributed by atoms with van der Waals surface area (Å²) in [6.07, 6.45) is 3.24. The normalized spacial score (nSPS) is 10.4. The van der Waals surface area contributed by atoms with Crippen molar-refractivity contribution in [1.82, 2.24) is 9.55 Å². The standard InChI is InChI=1S/C7H12N2O3/c10-4-6-12-5-3-9-2-1-8-7(9)11/h1-2,10H,3-6H2,(H,8,11). The zero-order chi connectivity index (χ0) is 8.81. The van der Waals surface area contributed by atoms with E-state index >= 15 is 0 Å². The zero-order valence-electron chi connectivity index (χ0n) is 6.69. The fourth-order valence-corrected chi connectivity index (χ4v) is 0.855. The van der Waals surface area contributed by atoms with E-state index < -0.39 is 0 Å². The van der Waals surface area contributed by atoms with E-state index in [-0.39, 0.29) is 12.3 Å². The van der Waals surface area contributed by atoms with E-state index in [0.29, 0.717) is 19.8 Å². The molecule has 5 heteroatoms. The molecule has 0 radical (unpaired) electrons. The Morgan fingerprint density at radius 1 is 1.58 bits per heavy atom. The van der Waals surface area contributed by atoms with Crippen molar-refractivity contribution in [3.8, 4) is 0 Å². The number of imidazole rings is 1. The Labute approximate surface area is 69.6 Å². The molecule has 0 amide bonds. The summed E-state index contributed by atoms with van der Waals surface area (Å²) in [5, 5.41) is 8.38. The minimum atomic E-state index is -0.136. The largest absolute Gasteiger partial charge is 0.394 e. The lowest BCUT2D eigenvalue weighted by Crippen LogP contribution is -2.19. The van der Waals surface area contributed by atoms with Gasteiger partial charge >= 0.3 is 5.69 Å². The molecule has 1 aromatic rings. The van der Waals surface area contributed by atoms with Crippen LogP contribution in [0.4, 0.5) is 0 Å². The Kier molecular flexibility index (Phi) is 3.56. The highest BCUT2D eigenvalue weighted by Gasteiger charge is 1.94. The first-order valence-electron chi connectivity index (χ1n) is 3.77. The average molecular weight is 172 g/mol. The van der Waals surface area contributed by atoms with Crippen LogP contribution >= 0.6 is 0 Å². The van der Waals surface area contributed by atoms with Gasteiger partial charge in [0, 0.05) is 12.4 Å². The van der Waals surface area contributed by atoms with Crippen molar-refractivity contribution in [2.75, 3.05) is 19.8 Å². The number of aromatic nitrogens is 2. The van der Waals surface area contributed by atoms with Crippen LogP contribution in [0.15, 0.2) is 17.2 Å². The molecule has 0 aromatic carbocycles. The first-order chi connectivity index (χ1) is 5.84. The van der Waals surface area contributed by atoms with Crippen LogP contribution in [0, 0.1) is 0 Å². The van der Waals surface area contributed by atoms with Gasteiger partial charge in [0.15, 0.2) is 0 Å². The maximum absolute atomic E-state index is 10.9. The molecule has 2 N–H and O–H groups in total. The second-order valence-electron chi connectivity index (χ2n) is 2.29. The third-order valence-electron chi connectivity index (χ3n) is 1.43. The van der Waals surface area contributed by atoms with Gasteiger partial charge in [-0.1, -0.05) is 0 Å². The number of aliphatic hydroxyl groups excluding tert-OH is 1. The summed E-state index contributed by atoms with van der Waals surface area (Å²) < 4.78 is 6.50. The SMILES string of the molecule is O=c1[nH]ccn1CCOCCO. The molecule has 0 aliphatic rings. The molecule has 0 atom stereocenters. The van der Waals surface area contributed by atoms with Gasteiger partial charge < -0.3 is 14.8 Å². The van der Waals surface area contributed by atoms with Gasteiger partial charge in [0.1, 0.15) is 0 Å². The first-order valence-corrected chi connectivity index (χ1v) is 3.77. The van der Waals surface area contributed by atoms with Gasteiger partial charge in [-0.15, -0.1) is 0 Å². The van der Waals surface area contributed by atoms with Crippen molar-refractivity contribution in [2.45, 2.75) is 6.54 Å². The predicted octanol–water partition coefficient (Wildman–Crippen LogP) is -0.815. The van der Waals surface area contributed by atoms with Crippen LogP contribution in [-0.4, -0.2) is 34.5 Å². The Morgan fingerprint density at radius 2 is 2.42 bits per heavy atom. The van der Waals surface area contributed by atoms with E-state index in [1.807, 2.05) is 0 Å².